The Hall–Kier alpha value is -2.89. The summed E-state index contributed by atoms with van der Waals surface area (Å²) in [6.45, 7) is 3.25. The summed E-state index contributed by atoms with van der Waals surface area (Å²) in [6, 6.07) is 18.5. The van der Waals surface area contributed by atoms with E-state index in [1.165, 1.54) is 5.69 Å². The van der Waals surface area contributed by atoms with Crippen LogP contribution < -0.4 is 25.0 Å². The van der Waals surface area contributed by atoms with Crippen molar-refractivity contribution in [1.29, 1.82) is 0 Å². The molecule has 0 radical (unpaired) electrons. The predicted molar refractivity (Wildman–Crippen MR) is 110 cm³/mol. The number of hydrogen-bond acceptors (Lipinski definition) is 4. The highest BCUT2D eigenvalue weighted by molar-refractivity contribution is 5.80. The topological polar surface area (TPSA) is 58.1 Å². The van der Waals surface area contributed by atoms with Gasteiger partial charge in [-0.1, -0.05) is 24.3 Å². The second kappa shape index (κ2) is 9.71. The van der Waals surface area contributed by atoms with E-state index >= 15 is 0 Å². The highest BCUT2D eigenvalue weighted by Gasteiger charge is 2.23. The molecule has 1 fully saturated rings. The molecule has 6 heteroatoms. The summed E-state index contributed by atoms with van der Waals surface area (Å²) in [6.07, 6.45) is 1.09. The molecule has 27 heavy (non-hydrogen) atoms. The molecule has 0 aromatic heterocycles. The van der Waals surface area contributed by atoms with Gasteiger partial charge in [0, 0.05) is 37.9 Å². The second-order valence-electron chi connectivity index (χ2n) is 6.44. The lowest BCUT2D eigenvalue weighted by molar-refractivity contribution is 0.318. The second-order valence-corrected chi connectivity index (χ2v) is 6.44. The Kier molecular flexibility index (Phi) is 6.79. The van der Waals surface area contributed by atoms with Crippen molar-refractivity contribution in [1.82, 2.24) is 10.6 Å². The van der Waals surface area contributed by atoms with Gasteiger partial charge in [0.25, 0.3) is 0 Å². The number of benzene rings is 2. The van der Waals surface area contributed by atoms with Crippen molar-refractivity contribution in [3.8, 4) is 11.5 Å². The number of nitrogens with one attached hydrogen (secondary N) is 2. The van der Waals surface area contributed by atoms with Crippen molar-refractivity contribution in [3.05, 3.63) is 54.6 Å². The Morgan fingerprint density at radius 3 is 2.74 bits per heavy atom. The van der Waals surface area contributed by atoms with Crippen LogP contribution in [0.3, 0.4) is 0 Å². The number of nitrogens with zero attached hydrogens (tertiary/aromatic N) is 2. The predicted octanol–water partition coefficient (Wildman–Crippen LogP) is 2.52. The van der Waals surface area contributed by atoms with Gasteiger partial charge in [-0.05, 0) is 30.7 Å². The van der Waals surface area contributed by atoms with E-state index < -0.39 is 0 Å². The van der Waals surface area contributed by atoms with Gasteiger partial charge in [0.1, 0.15) is 18.1 Å². The number of rotatable bonds is 7. The Balaban J connectivity index is 1.39. The minimum Gasteiger partial charge on any atom is -0.497 e. The molecule has 6 nitrogen and oxygen atoms in total. The number of hydrogen-bond donors (Lipinski definition) is 2. The molecule has 3 rings (SSSR count). The Bertz CT molecular complexity index is 736. The van der Waals surface area contributed by atoms with E-state index in [1.54, 1.807) is 14.2 Å². The van der Waals surface area contributed by atoms with Crippen LogP contribution in [-0.4, -0.2) is 52.4 Å². The third-order valence-electron chi connectivity index (χ3n) is 4.58. The highest BCUT2D eigenvalue weighted by Crippen LogP contribution is 2.20. The maximum atomic E-state index is 5.75. The van der Waals surface area contributed by atoms with E-state index in [4.69, 9.17) is 9.47 Å². The molecule has 1 heterocycles. The number of methoxy groups -OCH3 is 1. The molecular weight excluding hydrogens is 340 g/mol. The zero-order valence-corrected chi connectivity index (χ0v) is 16.0. The van der Waals surface area contributed by atoms with Crippen LogP contribution in [0, 0.1) is 0 Å². The zero-order valence-electron chi connectivity index (χ0n) is 16.0. The minimum absolute atomic E-state index is 0.385. The van der Waals surface area contributed by atoms with Crippen molar-refractivity contribution < 1.29 is 9.47 Å². The minimum atomic E-state index is 0.385. The molecular formula is C21H28N4O2. The number of para-hydroxylation sites is 1. The van der Waals surface area contributed by atoms with Gasteiger partial charge < -0.3 is 25.0 Å². The fourth-order valence-electron chi connectivity index (χ4n) is 3.17. The summed E-state index contributed by atoms with van der Waals surface area (Å²) < 4.78 is 11.0. The molecule has 0 spiro atoms. The first-order valence-electron chi connectivity index (χ1n) is 9.32. The summed E-state index contributed by atoms with van der Waals surface area (Å²) >= 11 is 0. The van der Waals surface area contributed by atoms with Gasteiger partial charge in [-0.15, -0.1) is 0 Å². The van der Waals surface area contributed by atoms with Crippen molar-refractivity contribution in [2.45, 2.75) is 12.5 Å². The van der Waals surface area contributed by atoms with Crippen LogP contribution in [0.4, 0.5) is 5.69 Å². The van der Waals surface area contributed by atoms with Crippen LogP contribution in [0.25, 0.3) is 0 Å². The van der Waals surface area contributed by atoms with Gasteiger partial charge in [0.15, 0.2) is 5.96 Å². The SMILES string of the molecule is CN=C(NCCOc1cccc(OC)c1)NC1CCN(c2ccccc2)C1. The summed E-state index contributed by atoms with van der Waals surface area (Å²) in [7, 11) is 3.44. The molecule has 2 aromatic carbocycles. The van der Waals surface area contributed by atoms with Crippen molar-refractivity contribution in [3.63, 3.8) is 0 Å². The molecule has 1 unspecified atom stereocenters. The van der Waals surface area contributed by atoms with E-state index in [1.807, 2.05) is 24.3 Å². The van der Waals surface area contributed by atoms with E-state index in [-0.39, 0.29) is 0 Å². The Morgan fingerprint density at radius 2 is 1.96 bits per heavy atom. The zero-order chi connectivity index (χ0) is 18.9. The van der Waals surface area contributed by atoms with Gasteiger partial charge in [0.2, 0.25) is 0 Å². The van der Waals surface area contributed by atoms with Gasteiger partial charge in [-0.3, -0.25) is 4.99 Å². The molecule has 144 valence electrons. The monoisotopic (exact) mass is 368 g/mol. The molecule has 1 atom stereocenters. The van der Waals surface area contributed by atoms with Gasteiger partial charge in [-0.25, -0.2) is 0 Å². The number of aliphatic imine (C=N–C) groups is 1. The van der Waals surface area contributed by atoms with Crippen molar-refractivity contribution >= 4 is 11.6 Å². The molecule has 2 N–H and O–H groups in total. The van der Waals surface area contributed by atoms with Crippen LogP contribution in [0.5, 0.6) is 11.5 Å². The lowest BCUT2D eigenvalue weighted by atomic mass is 10.3. The fraction of sp³-hybridized carbons (Fsp3) is 0.381. The molecule has 0 amide bonds. The average Bonchev–Trinajstić information content (AvgIpc) is 3.19. The first-order valence-corrected chi connectivity index (χ1v) is 9.32. The summed E-state index contributed by atoms with van der Waals surface area (Å²) in [5, 5.41) is 6.82. The lowest BCUT2D eigenvalue weighted by Crippen LogP contribution is -2.45. The average molecular weight is 368 g/mol. The number of anilines is 1. The van der Waals surface area contributed by atoms with Crippen LogP contribution in [-0.2, 0) is 0 Å². The Morgan fingerprint density at radius 1 is 1.15 bits per heavy atom. The molecule has 0 bridgehead atoms. The number of ether oxygens (including phenoxy) is 2. The molecule has 0 aliphatic carbocycles. The van der Waals surface area contributed by atoms with Crippen LogP contribution >= 0.6 is 0 Å². The van der Waals surface area contributed by atoms with Gasteiger partial charge >= 0.3 is 0 Å². The largest absolute Gasteiger partial charge is 0.497 e. The smallest absolute Gasteiger partial charge is 0.191 e. The van der Waals surface area contributed by atoms with Crippen molar-refractivity contribution in [2.75, 3.05) is 45.3 Å². The van der Waals surface area contributed by atoms with Gasteiger partial charge in [-0.2, -0.15) is 0 Å². The maximum Gasteiger partial charge on any atom is 0.191 e. The van der Waals surface area contributed by atoms with E-state index in [0.717, 1.165) is 37.0 Å². The fourth-order valence-corrected chi connectivity index (χ4v) is 3.17. The summed E-state index contributed by atoms with van der Waals surface area (Å²) in [4.78, 5) is 6.72. The summed E-state index contributed by atoms with van der Waals surface area (Å²) in [5.41, 5.74) is 1.27. The van der Waals surface area contributed by atoms with E-state index in [9.17, 15) is 0 Å². The maximum absolute atomic E-state index is 5.75. The lowest BCUT2D eigenvalue weighted by Gasteiger charge is -2.20. The first kappa shape index (κ1) is 18.9. The van der Waals surface area contributed by atoms with E-state index in [0.29, 0.717) is 19.2 Å². The first-order chi connectivity index (χ1) is 13.3. The molecule has 0 saturated carbocycles. The molecule has 1 saturated heterocycles. The molecule has 2 aromatic rings. The standard InChI is InChI=1S/C21H28N4O2/c1-22-21(23-12-14-27-20-10-6-9-19(15-20)26-2)24-17-11-13-25(16-17)18-7-4-3-5-8-18/h3-10,15,17H,11-14,16H2,1-2H3,(H2,22,23,24). The highest BCUT2D eigenvalue weighted by atomic mass is 16.5. The third-order valence-corrected chi connectivity index (χ3v) is 4.58. The quantitative estimate of drug-likeness (QED) is 0.447. The van der Waals surface area contributed by atoms with E-state index in [2.05, 4.69) is 50.9 Å². The van der Waals surface area contributed by atoms with Crippen LogP contribution in [0.2, 0.25) is 0 Å². The summed E-state index contributed by atoms with van der Waals surface area (Å²) in [5.74, 6) is 2.40. The van der Waals surface area contributed by atoms with Gasteiger partial charge in [0.05, 0.1) is 13.7 Å². The van der Waals surface area contributed by atoms with Crippen LogP contribution in [0.15, 0.2) is 59.6 Å². The number of guanidine groups is 1. The molecule has 1 aliphatic heterocycles. The Labute approximate surface area is 161 Å². The normalized spacial score (nSPS) is 16.9. The third kappa shape index (κ3) is 5.54. The van der Waals surface area contributed by atoms with Crippen molar-refractivity contribution in [2.24, 2.45) is 4.99 Å². The van der Waals surface area contributed by atoms with Crippen LogP contribution in [0.1, 0.15) is 6.42 Å². The molecule has 1 aliphatic rings.